The zero-order chi connectivity index (χ0) is 22.8. The molecule has 1 aromatic rings. The minimum atomic E-state index is -5.08. The van der Waals surface area contributed by atoms with Crippen molar-refractivity contribution in [1.29, 1.82) is 0 Å². The average Bonchev–Trinajstić information content (AvgIpc) is 3.33. The topological polar surface area (TPSA) is 103 Å². The number of carboxylic acid groups (broad SMARTS) is 1. The van der Waals surface area contributed by atoms with E-state index in [1.54, 1.807) is 13.1 Å². The number of aliphatic carboxylic acids is 1. The molecule has 3 heterocycles. The summed E-state index contributed by atoms with van der Waals surface area (Å²) < 4.78 is 37.2. The monoisotopic (exact) mass is 433 g/mol. The third-order valence-electron chi connectivity index (χ3n) is 5.30. The van der Waals surface area contributed by atoms with E-state index in [4.69, 9.17) is 14.3 Å². The van der Waals surface area contributed by atoms with E-state index in [-0.39, 0.29) is 29.9 Å². The number of carbonyl (C=O) groups excluding carboxylic acids is 2. The number of amides is 2. The third kappa shape index (κ3) is 5.13. The standard InChI is InChI=1S/C17H25N3O3.C2HF3O2/c1-10(2)20-13(16(21)18-4)7-12-8-19(9-14(12)20)17(22)15-6-5-11(3)23-15;3-2(4,5)1(6)7/h5-6,10,12-14H,7-9H2,1-4H3,(H,18,21);(H,6,7)/t12-,13-,14+;/m0./s1. The maximum Gasteiger partial charge on any atom is 0.490 e. The number of nitrogens with zero attached hydrogens (tertiary/aromatic N) is 2. The number of nitrogens with one attached hydrogen (secondary N) is 1. The summed E-state index contributed by atoms with van der Waals surface area (Å²) in [5, 5.41) is 9.89. The highest BCUT2D eigenvalue weighted by molar-refractivity contribution is 5.92. The van der Waals surface area contributed by atoms with E-state index in [0.29, 0.717) is 24.8 Å². The van der Waals surface area contributed by atoms with Gasteiger partial charge in [-0.15, -0.1) is 0 Å². The van der Waals surface area contributed by atoms with Crippen molar-refractivity contribution in [3.8, 4) is 0 Å². The number of likely N-dealkylation sites (N-methyl/N-ethyl adjacent to an activating group) is 1. The van der Waals surface area contributed by atoms with Crippen molar-refractivity contribution in [2.45, 2.75) is 51.5 Å². The van der Waals surface area contributed by atoms with Crippen molar-refractivity contribution < 1.29 is 37.1 Å². The number of alkyl halides is 3. The molecule has 8 nitrogen and oxygen atoms in total. The molecule has 30 heavy (non-hydrogen) atoms. The van der Waals surface area contributed by atoms with Gasteiger partial charge in [0, 0.05) is 32.2 Å². The minimum Gasteiger partial charge on any atom is -0.475 e. The Bertz CT molecular complexity index is 793. The van der Waals surface area contributed by atoms with Crippen molar-refractivity contribution in [3.05, 3.63) is 23.7 Å². The summed E-state index contributed by atoms with van der Waals surface area (Å²) in [5.74, 6) is -1.23. The van der Waals surface area contributed by atoms with Crippen LogP contribution in [0.15, 0.2) is 16.5 Å². The Morgan fingerprint density at radius 3 is 2.27 bits per heavy atom. The fourth-order valence-corrected chi connectivity index (χ4v) is 4.09. The molecule has 2 saturated heterocycles. The SMILES string of the molecule is CNC(=O)[C@@H]1C[C@H]2CN(C(=O)c3ccc(C)o3)C[C@H]2N1C(C)C.O=C(O)C(F)(F)F. The number of rotatable bonds is 3. The molecule has 0 saturated carbocycles. The average molecular weight is 433 g/mol. The number of aryl methyl sites for hydroxylation is 1. The summed E-state index contributed by atoms with van der Waals surface area (Å²) in [7, 11) is 1.68. The molecule has 0 aliphatic carbocycles. The van der Waals surface area contributed by atoms with Crippen molar-refractivity contribution in [2.24, 2.45) is 5.92 Å². The molecular weight excluding hydrogens is 407 g/mol. The number of furan rings is 1. The van der Waals surface area contributed by atoms with Crippen LogP contribution in [-0.2, 0) is 9.59 Å². The molecule has 2 amide bonds. The zero-order valence-corrected chi connectivity index (χ0v) is 17.2. The van der Waals surface area contributed by atoms with Gasteiger partial charge in [0.25, 0.3) is 5.91 Å². The number of carbonyl (C=O) groups is 3. The molecule has 1 aromatic heterocycles. The van der Waals surface area contributed by atoms with Gasteiger partial charge in [0.05, 0.1) is 6.04 Å². The van der Waals surface area contributed by atoms with E-state index >= 15 is 0 Å². The van der Waals surface area contributed by atoms with Gasteiger partial charge in [0.15, 0.2) is 5.76 Å². The van der Waals surface area contributed by atoms with E-state index in [2.05, 4.69) is 24.1 Å². The van der Waals surface area contributed by atoms with Gasteiger partial charge in [-0.3, -0.25) is 14.5 Å². The molecule has 3 atom stereocenters. The second kappa shape index (κ2) is 9.07. The lowest BCUT2D eigenvalue weighted by atomic mass is 10.0. The van der Waals surface area contributed by atoms with Gasteiger partial charge in [-0.05, 0) is 45.2 Å². The summed E-state index contributed by atoms with van der Waals surface area (Å²) >= 11 is 0. The van der Waals surface area contributed by atoms with Crippen LogP contribution in [0.1, 0.15) is 36.6 Å². The van der Waals surface area contributed by atoms with E-state index in [1.165, 1.54) is 0 Å². The normalized spacial score (nSPS) is 23.7. The number of carboxylic acids is 1. The lowest BCUT2D eigenvalue weighted by Gasteiger charge is -2.32. The Morgan fingerprint density at radius 2 is 1.83 bits per heavy atom. The van der Waals surface area contributed by atoms with Gasteiger partial charge in [-0.25, -0.2) is 4.79 Å². The molecule has 0 bridgehead atoms. The van der Waals surface area contributed by atoms with Crippen molar-refractivity contribution in [1.82, 2.24) is 15.1 Å². The Morgan fingerprint density at radius 1 is 1.23 bits per heavy atom. The van der Waals surface area contributed by atoms with Gasteiger partial charge in [0.2, 0.25) is 5.91 Å². The summed E-state index contributed by atoms with van der Waals surface area (Å²) in [6, 6.07) is 3.98. The minimum absolute atomic E-state index is 0.0484. The predicted molar refractivity (Wildman–Crippen MR) is 99.8 cm³/mol. The van der Waals surface area contributed by atoms with E-state index < -0.39 is 12.1 Å². The van der Waals surface area contributed by atoms with E-state index in [9.17, 15) is 22.8 Å². The first-order valence-corrected chi connectivity index (χ1v) is 9.51. The van der Waals surface area contributed by atoms with Crippen LogP contribution in [0.5, 0.6) is 0 Å². The van der Waals surface area contributed by atoms with Gasteiger partial charge in [-0.2, -0.15) is 13.2 Å². The summed E-state index contributed by atoms with van der Waals surface area (Å²) in [5.41, 5.74) is 0. The third-order valence-corrected chi connectivity index (χ3v) is 5.30. The predicted octanol–water partition coefficient (Wildman–Crippen LogP) is 1.89. The van der Waals surface area contributed by atoms with Gasteiger partial charge in [-0.1, -0.05) is 0 Å². The number of halogens is 3. The van der Waals surface area contributed by atoms with Crippen LogP contribution in [0, 0.1) is 12.8 Å². The Balaban J connectivity index is 0.000000396. The van der Waals surface area contributed by atoms with Gasteiger partial charge >= 0.3 is 12.1 Å². The number of hydrogen-bond donors (Lipinski definition) is 2. The van der Waals surface area contributed by atoms with Gasteiger partial charge in [0.1, 0.15) is 5.76 Å². The van der Waals surface area contributed by atoms with Crippen molar-refractivity contribution >= 4 is 17.8 Å². The van der Waals surface area contributed by atoms with Crippen LogP contribution < -0.4 is 5.32 Å². The molecule has 0 spiro atoms. The molecular formula is C19H26F3N3O5. The van der Waals surface area contributed by atoms with Gasteiger partial charge < -0.3 is 19.7 Å². The highest BCUT2D eigenvalue weighted by Crippen LogP contribution is 2.37. The molecule has 0 radical (unpaired) electrons. The molecule has 168 valence electrons. The largest absolute Gasteiger partial charge is 0.490 e. The Hall–Kier alpha value is -2.56. The highest BCUT2D eigenvalue weighted by atomic mass is 19.4. The second-order valence-corrected chi connectivity index (χ2v) is 7.66. The van der Waals surface area contributed by atoms with Crippen molar-refractivity contribution in [3.63, 3.8) is 0 Å². The second-order valence-electron chi connectivity index (χ2n) is 7.66. The number of likely N-dealkylation sites (tertiary alicyclic amines) is 2. The van der Waals surface area contributed by atoms with Crippen LogP contribution in [0.3, 0.4) is 0 Å². The van der Waals surface area contributed by atoms with Crippen molar-refractivity contribution in [2.75, 3.05) is 20.1 Å². The van der Waals surface area contributed by atoms with Crippen LogP contribution in [0.2, 0.25) is 0 Å². The smallest absolute Gasteiger partial charge is 0.475 e. The van der Waals surface area contributed by atoms with E-state index in [1.807, 2.05) is 17.9 Å². The molecule has 3 rings (SSSR count). The quantitative estimate of drug-likeness (QED) is 0.755. The highest BCUT2D eigenvalue weighted by Gasteiger charge is 2.50. The molecule has 2 aliphatic rings. The first-order chi connectivity index (χ1) is 13.9. The first-order valence-electron chi connectivity index (χ1n) is 9.51. The number of fused-ring (bicyclic) bond motifs is 1. The summed E-state index contributed by atoms with van der Waals surface area (Å²) in [6.45, 7) is 7.41. The molecule has 2 aliphatic heterocycles. The molecule has 0 unspecified atom stereocenters. The zero-order valence-electron chi connectivity index (χ0n) is 17.2. The fourth-order valence-electron chi connectivity index (χ4n) is 4.09. The lowest BCUT2D eigenvalue weighted by molar-refractivity contribution is -0.192. The summed E-state index contributed by atoms with van der Waals surface area (Å²) in [6.07, 6.45) is -4.27. The van der Waals surface area contributed by atoms with Crippen LogP contribution in [-0.4, -0.2) is 77.1 Å². The number of hydrogen-bond acceptors (Lipinski definition) is 5. The maximum atomic E-state index is 12.6. The first kappa shape index (κ1) is 23.7. The van der Waals surface area contributed by atoms with Crippen LogP contribution in [0.25, 0.3) is 0 Å². The Labute approximate surface area is 172 Å². The molecule has 2 N–H and O–H groups in total. The lowest BCUT2D eigenvalue weighted by Crippen LogP contribution is -2.50. The van der Waals surface area contributed by atoms with E-state index in [0.717, 1.165) is 12.2 Å². The van der Waals surface area contributed by atoms with Crippen LogP contribution >= 0.6 is 0 Å². The van der Waals surface area contributed by atoms with Crippen LogP contribution in [0.4, 0.5) is 13.2 Å². The Kier molecular flexibility index (Phi) is 7.17. The molecule has 11 heteroatoms. The molecule has 0 aromatic carbocycles. The maximum absolute atomic E-state index is 12.6. The summed E-state index contributed by atoms with van der Waals surface area (Å²) in [4.78, 5) is 37.8. The fraction of sp³-hybridized carbons (Fsp3) is 0.632. The molecule has 2 fully saturated rings.